The molecule has 1 atom stereocenters. The van der Waals surface area contributed by atoms with Crippen molar-refractivity contribution >= 4 is 27.8 Å². The molecule has 0 amide bonds. The Labute approximate surface area is 315 Å². The van der Waals surface area contributed by atoms with Gasteiger partial charge >= 0.3 is 0 Å². The normalized spacial score (nSPS) is 15.1. The molecule has 1 unspecified atom stereocenters. The molecular formula is C53H33N. The molecule has 12 rings (SSSR count). The van der Waals surface area contributed by atoms with Gasteiger partial charge in [0, 0.05) is 16.8 Å². The minimum Gasteiger partial charge on any atom is -0.310 e. The first-order chi connectivity index (χ1) is 26.8. The van der Waals surface area contributed by atoms with E-state index in [2.05, 4.69) is 205 Å². The quantitative estimate of drug-likeness (QED) is 0.175. The van der Waals surface area contributed by atoms with Crippen molar-refractivity contribution in [3.8, 4) is 55.6 Å². The minimum absolute atomic E-state index is 0.281. The highest BCUT2D eigenvalue weighted by atomic mass is 15.1. The molecule has 3 aliphatic rings. The molecule has 0 radical (unpaired) electrons. The number of anilines is 3. The molecule has 0 aromatic heterocycles. The zero-order valence-electron chi connectivity index (χ0n) is 29.5. The van der Waals surface area contributed by atoms with Crippen LogP contribution < -0.4 is 4.90 Å². The van der Waals surface area contributed by atoms with Crippen molar-refractivity contribution in [2.24, 2.45) is 0 Å². The van der Waals surface area contributed by atoms with E-state index in [0.29, 0.717) is 0 Å². The number of rotatable bonds is 5. The second-order valence-corrected chi connectivity index (χ2v) is 14.8. The van der Waals surface area contributed by atoms with E-state index in [9.17, 15) is 0 Å². The first-order valence-electron chi connectivity index (χ1n) is 18.8. The van der Waals surface area contributed by atoms with Crippen LogP contribution in [0.2, 0.25) is 0 Å². The monoisotopic (exact) mass is 683 g/mol. The average Bonchev–Trinajstić information content (AvgIpc) is 3.84. The molecule has 250 valence electrons. The summed E-state index contributed by atoms with van der Waals surface area (Å²) < 4.78 is 0. The summed E-state index contributed by atoms with van der Waals surface area (Å²) in [7, 11) is 0. The molecule has 1 spiro atoms. The molecule has 9 aromatic rings. The van der Waals surface area contributed by atoms with Gasteiger partial charge in [0.2, 0.25) is 0 Å². The summed E-state index contributed by atoms with van der Waals surface area (Å²) in [5.41, 5.74) is 22.0. The predicted molar refractivity (Wildman–Crippen MR) is 225 cm³/mol. The summed E-state index contributed by atoms with van der Waals surface area (Å²) in [5, 5.41) is 2.45. The Hall–Kier alpha value is -6.96. The highest BCUT2D eigenvalue weighted by Crippen LogP contribution is 2.70. The third-order valence-electron chi connectivity index (χ3n) is 12.2. The molecule has 0 N–H and O–H groups in total. The molecular weight excluding hydrogens is 651 g/mol. The number of nitrogens with zero attached hydrogens (tertiary/aromatic N) is 1. The van der Waals surface area contributed by atoms with Gasteiger partial charge in [-0.2, -0.15) is 0 Å². The molecule has 3 aliphatic carbocycles. The van der Waals surface area contributed by atoms with Crippen molar-refractivity contribution in [1.82, 2.24) is 0 Å². The summed E-state index contributed by atoms with van der Waals surface area (Å²) in [6.07, 6.45) is 0. The lowest BCUT2D eigenvalue weighted by Gasteiger charge is -2.28. The average molecular weight is 684 g/mol. The van der Waals surface area contributed by atoms with E-state index >= 15 is 0 Å². The Kier molecular flexibility index (Phi) is 6.04. The summed E-state index contributed by atoms with van der Waals surface area (Å²) in [6, 6.07) is 74.1. The Balaban J connectivity index is 0.997. The molecule has 0 bridgehead atoms. The maximum Gasteiger partial charge on any atom is 0.0737 e. The van der Waals surface area contributed by atoms with Gasteiger partial charge in [0.25, 0.3) is 0 Å². The van der Waals surface area contributed by atoms with Crippen molar-refractivity contribution < 1.29 is 0 Å². The van der Waals surface area contributed by atoms with Gasteiger partial charge in [-0.1, -0.05) is 164 Å². The Morgan fingerprint density at radius 1 is 0.315 bits per heavy atom. The van der Waals surface area contributed by atoms with Crippen molar-refractivity contribution in [3.05, 3.63) is 222 Å². The fraction of sp³-hybridized carbons (Fsp3) is 0.0189. The highest BCUT2D eigenvalue weighted by molar-refractivity contribution is 6.06. The maximum atomic E-state index is 2.49. The first-order valence-corrected chi connectivity index (χ1v) is 18.8. The van der Waals surface area contributed by atoms with Crippen LogP contribution >= 0.6 is 0 Å². The third kappa shape index (κ3) is 3.88. The van der Waals surface area contributed by atoms with Crippen LogP contribution in [0.4, 0.5) is 17.1 Å². The zero-order chi connectivity index (χ0) is 35.4. The molecule has 9 aromatic carbocycles. The number of hydrogen-bond donors (Lipinski definition) is 0. The Morgan fingerprint density at radius 3 is 1.50 bits per heavy atom. The van der Waals surface area contributed by atoms with E-state index in [0.717, 1.165) is 17.1 Å². The molecule has 0 fully saturated rings. The fourth-order valence-corrected chi connectivity index (χ4v) is 10.0. The van der Waals surface area contributed by atoms with Crippen LogP contribution in [0.25, 0.3) is 66.4 Å². The number of benzene rings is 9. The van der Waals surface area contributed by atoms with Crippen LogP contribution in [0.15, 0.2) is 200 Å². The summed E-state index contributed by atoms with van der Waals surface area (Å²) in [6.45, 7) is 0. The molecule has 0 heterocycles. The standard InChI is InChI=1S/C53H33N/c1-2-11-34(12-3-1)35-23-28-39(29-24-35)54(50-22-8-14-37-13-4-5-15-41(37)50)40-30-25-36(26-31-40)38-27-32-43-45-18-10-20-47-46-19-9-17-44-42-16-6-7-21-48(42)53(51(44)46,52(45)47)49(43)33-38/h1-33H. The van der Waals surface area contributed by atoms with E-state index in [-0.39, 0.29) is 5.41 Å². The van der Waals surface area contributed by atoms with Gasteiger partial charge in [-0.3, -0.25) is 0 Å². The van der Waals surface area contributed by atoms with Crippen LogP contribution in [0.5, 0.6) is 0 Å². The minimum atomic E-state index is -0.281. The zero-order valence-corrected chi connectivity index (χ0v) is 29.5. The SMILES string of the molecule is c1ccc(-c2ccc(N(c3ccc(-c4ccc5c(c4)C46c7ccccc7-c7cccc(c74)-c4cccc-5c46)cc3)c3cccc4ccccc34)cc2)cc1. The number of fused-ring (bicyclic) bond motifs is 6. The summed E-state index contributed by atoms with van der Waals surface area (Å²) in [5.74, 6) is 0. The predicted octanol–water partition coefficient (Wildman–Crippen LogP) is 14.0. The second kappa shape index (κ2) is 11.0. The summed E-state index contributed by atoms with van der Waals surface area (Å²) in [4.78, 5) is 2.40. The highest BCUT2D eigenvalue weighted by Gasteiger charge is 2.57. The molecule has 1 heteroatoms. The van der Waals surface area contributed by atoms with Crippen molar-refractivity contribution in [2.75, 3.05) is 4.90 Å². The molecule has 0 saturated carbocycles. The molecule has 0 saturated heterocycles. The van der Waals surface area contributed by atoms with Crippen LogP contribution in [-0.2, 0) is 5.41 Å². The lowest BCUT2D eigenvalue weighted by Crippen LogP contribution is -2.23. The maximum absolute atomic E-state index is 2.49. The summed E-state index contributed by atoms with van der Waals surface area (Å²) >= 11 is 0. The number of hydrogen-bond acceptors (Lipinski definition) is 1. The van der Waals surface area contributed by atoms with Crippen LogP contribution in [0.1, 0.15) is 22.3 Å². The molecule has 54 heavy (non-hydrogen) atoms. The van der Waals surface area contributed by atoms with Crippen molar-refractivity contribution in [1.29, 1.82) is 0 Å². The lowest BCUT2D eigenvalue weighted by atomic mass is 9.73. The van der Waals surface area contributed by atoms with Crippen molar-refractivity contribution in [2.45, 2.75) is 5.41 Å². The Bertz CT molecular complexity index is 2930. The fourth-order valence-electron chi connectivity index (χ4n) is 10.0. The second-order valence-electron chi connectivity index (χ2n) is 14.8. The van der Waals surface area contributed by atoms with Gasteiger partial charge in [0.05, 0.1) is 11.1 Å². The topological polar surface area (TPSA) is 3.24 Å². The van der Waals surface area contributed by atoms with Crippen LogP contribution in [0.3, 0.4) is 0 Å². The van der Waals surface area contributed by atoms with Crippen LogP contribution in [-0.4, -0.2) is 0 Å². The van der Waals surface area contributed by atoms with Crippen molar-refractivity contribution in [3.63, 3.8) is 0 Å². The lowest BCUT2D eigenvalue weighted by molar-refractivity contribution is 0.818. The van der Waals surface area contributed by atoms with E-state index in [1.807, 2.05) is 0 Å². The van der Waals surface area contributed by atoms with E-state index in [4.69, 9.17) is 0 Å². The molecule has 1 nitrogen and oxygen atoms in total. The first kappa shape index (κ1) is 29.6. The molecule has 0 aliphatic heterocycles. The van der Waals surface area contributed by atoms with Gasteiger partial charge in [-0.15, -0.1) is 0 Å². The van der Waals surface area contributed by atoms with Gasteiger partial charge in [0.1, 0.15) is 0 Å². The van der Waals surface area contributed by atoms with Gasteiger partial charge in [0.15, 0.2) is 0 Å². The van der Waals surface area contributed by atoms with Crippen LogP contribution in [0, 0.1) is 0 Å². The van der Waals surface area contributed by atoms with Gasteiger partial charge in [-0.05, 0) is 120 Å². The van der Waals surface area contributed by atoms with Gasteiger partial charge in [-0.25, -0.2) is 0 Å². The smallest absolute Gasteiger partial charge is 0.0737 e. The Morgan fingerprint density at radius 2 is 0.796 bits per heavy atom. The van der Waals surface area contributed by atoms with E-state index < -0.39 is 0 Å². The largest absolute Gasteiger partial charge is 0.310 e. The van der Waals surface area contributed by atoms with E-state index in [1.165, 1.54) is 88.7 Å². The van der Waals surface area contributed by atoms with Gasteiger partial charge < -0.3 is 4.90 Å². The third-order valence-corrected chi connectivity index (χ3v) is 12.2. The van der Waals surface area contributed by atoms with E-state index in [1.54, 1.807) is 0 Å².